The number of ether oxygens (including phenoxy) is 1. The fourth-order valence-electron chi connectivity index (χ4n) is 3.91. The van der Waals surface area contributed by atoms with Gasteiger partial charge in [0.2, 0.25) is 5.91 Å². The Morgan fingerprint density at radius 3 is 2.55 bits per heavy atom. The van der Waals surface area contributed by atoms with E-state index in [1.807, 2.05) is 32.6 Å². The van der Waals surface area contributed by atoms with E-state index in [9.17, 15) is 19.8 Å². The van der Waals surface area contributed by atoms with E-state index < -0.39 is 29.6 Å². The Morgan fingerprint density at radius 2 is 2.00 bits per heavy atom. The van der Waals surface area contributed by atoms with Gasteiger partial charge < -0.3 is 25.6 Å². The normalized spacial score (nSPS) is 19.9. The highest BCUT2D eigenvalue weighted by Crippen LogP contribution is 2.35. The number of anilines is 1. The summed E-state index contributed by atoms with van der Waals surface area (Å²) < 4.78 is 5.40. The zero-order valence-electron chi connectivity index (χ0n) is 18.8. The number of hydrogen-bond acceptors (Lipinski definition) is 6. The molecule has 1 amide bonds. The molecule has 1 aliphatic rings. The highest BCUT2D eigenvalue weighted by Gasteiger charge is 2.40. The van der Waals surface area contributed by atoms with Crippen LogP contribution in [-0.4, -0.2) is 71.4 Å². The third-order valence-electron chi connectivity index (χ3n) is 6.00. The molecule has 1 heterocycles. The topological polar surface area (TPSA) is 116 Å². The summed E-state index contributed by atoms with van der Waals surface area (Å²) >= 11 is 6.05. The number of aliphatic hydroxyl groups is 1. The van der Waals surface area contributed by atoms with E-state index >= 15 is 0 Å². The number of carboxylic acids is 1. The number of piperazine rings is 1. The molecule has 0 radical (unpaired) electrons. The largest absolute Gasteiger partial charge is 0.495 e. The second kappa shape index (κ2) is 10.2. The summed E-state index contributed by atoms with van der Waals surface area (Å²) in [7, 11) is 1.53. The monoisotopic (exact) mass is 455 g/mol. The fraction of sp³-hybridized carbons (Fsp3) is 0.636. The van der Waals surface area contributed by atoms with Crippen molar-refractivity contribution in [1.82, 2.24) is 4.90 Å². The zero-order chi connectivity index (χ0) is 23.5. The van der Waals surface area contributed by atoms with Gasteiger partial charge in [0.25, 0.3) is 0 Å². The van der Waals surface area contributed by atoms with Crippen molar-refractivity contribution in [2.75, 3.05) is 31.6 Å². The lowest BCUT2D eigenvalue weighted by Crippen LogP contribution is -2.64. The summed E-state index contributed by atoms with van der Waals surface area (Å²) in [6, 6.07) is 4.47. The van der Waals surface area contributed by atoms with Crippen molar-refractivity contribution < 1.29 is 24.5 Å². The maximum atomic E-state index is 13.0. The molecular weight excluding hydrogens is 422 g/mol. The van der Waals surface area contributed by atoms with E-state index in [-0.39, 0.29) is 31.3 Å². The third kappa shape index (κ3) is 6.10. The van der Waals surface area contributed by atoms with Crippen molar-refractivity contribution in [3.8, 4) is 5.75 Å². The van der Waals surface area contributed by atoms with Crippen molar-refractivity contribution in [3.63, 3.8) is 0 Å². The van der Waals surface area contributed by atoms with Crippen LogP contribution >= 0.6 is 11.6 Å². The van der Waals surface area contributed by atoms with Gasteiger partial charge in [-0.25, -0.2) is 0 Å². The molecule has 2 rings (SSSR count). The molecule has 8 nitrogen and oxygen atoms in total. The predicted molar refractivity (Wildman–Crippen MR) is 121 cm³/mol. The van der Waals surface area contributed by atoms with Gasteiger partial charge in [0.1, 0.15) is 5.75 Å². The lowest BCUT2D eigenvalue weighted by atomic mass is 9.87. The van der Waals surface area contributed by atoms with Crippen LogP contribution in [0.3, 0.4) is 0 Å². The van der Waals surface area contributed by atoms with Crippen LogP contribution in [0.25, 0.3) is 0 Å². The molecule has 9 heteroatoms. The quantitative estimate of drug-likeness (QED) is 0.522. The van der Waals surface area contributed by atoms with E-state index in [0.29, 0.717) is 23.0 Å². The highest BCUT2D eigenvalue weighted by atomic mass is 35.5. The van der Waals surface area contributed by atoms with Gasteiger partial charge in [0.05, 0.1) is 31.4 Å². The number of benzene rings is 1. The average Bonchev–Trinajstić information content (AvgIpc) is 2.67. The molecule has 1 aliphatic heterocycles. The zero-order valence-corrected chi connectivity index (χ0v) is 19.6. The molecule has 1 fully saturated rings. The molecule has 3 atom stereocenters. The van der Waals surface area contributed by atoms with Crippen molar-refractivity contribution in [2.24, 2.45) is 17.6 Å². The first-order valence-electron chi connectivity index (χ1n) is 10.4. The molecular formula is C22H34ClN3O5. The number of nitrogens with zero attached hydrogens (tertiary/aromatic N) is 2. The molecule has 4 N–H and O–H groups in total. The van der Waals surface area contributed by atoms with Crippen molar-refractivity contribution in [3.05, 3.63) is 23.2 Å². The number of nitrogens with two attached hydrogens (primary N) is 1. The Balaban J connectivity index is 2.12. The molecule has 1 saturated heterocycles. The number of halogens is 1. The fourth-order valence-corrected chi connectivity index (χ4v) is 4.07. The second-order valence-corrected chi connectivity index (χ2v) is 9.58. The number of aliphatic carboxylic acids is 1. The molecule has 3 unspecified atom stereocenters. The van der Waals surface area contributed by atoms with Crippen molar-refractivity contribution in [1.29, 1.82) is 0 Å². The summed E-state index contributed by atoms with van der Waals surface area (Å²) in [5.41, 5.74) is 6.45. The molecule has 1 aromatic carbocycles. The number of carboxylic acid groups (broad SMARTS) is 1. The number of amides is 1. The van der Waals surface area contributed by atoms with Crippen LogP contribution in [0.2, 0.25) is 5.02 Å². The molecule has 0 spiro atoms. The molecule has 0 aromatic heterocycles. The summed E-state index contributed by atoms with van der Waals surface area (Å²) in [6.07, 6.45) is -0.909. The van der Waals surface area contributed by atoms with Gasteiger partial charge in [-0.3, -0.25) is 14.5 Å². The number of methoxy groups -OCH3 is 1. The molecule has 0 aliphatic carbocycles. The number of carbonyl (C=O) groups excluding carboxylic acids is 1. The maximum Gasteiger partial charge on any atom is 0.306 e. The Hall–Kier alpha value is -1.87. The molecule has 1 aromatic rings. The summed E-state index contributed by atoms with van der Waals surface area (Å²) in [6.45, 7) is 8.41. The maximum absolute atomic E-state index is 13.0. The first-order chi connectivity index (χ1) is 14.4. The van der Waals surface area contributed by atoms with Crippen LogP contribution < -0.4 is 15.4 Å². The molecule has 174 valence electrons. The number of aliphatic hydroxyl groups excluding tert-OH is 1. The third-order valence-corrected chi connectivity index (χ3v) is 6.24. The smallest absolute Gasteiger partial charge is 0.306 e. The first-order valence-corrected chi connectivity index (χ1v) is 10.8. The lowest BCUT2D eigenvalue weighted by molar-refractivity contribution is -0.144. The van der Waals surface area contributed by atoms with Crippen molar-refractivity contribution in [2.45, 2.75) is 51.8 Å². The predicted octanol–water partition coefficient (Wildman–Crippen LogP) is 2.21. The van der Waals surface area contributed by atoms with Gasteiger partial charge in [-0.2, -0.15) is 0 Å². The Kier molecular flexibility index (Phi) is 8.33. The Bertz CT molecular complexity index is 801. The minimum atomic E-state index is -0.983. The van der Waals surface area contributed by atoms with E-state index in [4.69, 9.17) is 22.1 Å². The van der Waals surface area contributed by atoms with E-state index in [0.717, 1.165) is 0 Å². The SMILES string of the molecule is COc1cc(Cl)ccc1N1CC(C)(C)N(CC(N)C(O)CC(C(=O)O)C(C)C)CC1=O. The van der Waals surface area contributed by atoms with E-state index in [1.54, 1.807) is 23.1 Å². The van der Waals surface area contributed by atoms with E-state index in [2.05, 4.69) is 0 Å². The molecule has 0 bridgehead atoms. The van der Waals surface area contributed by atoms with E-state index in [1.165, 1.54) is 7.11 Å². The number of hydrogen-bond donors (Lipinski definition) is 3. The second-order valence-electron chi connectivity index (χ2n) is 9.14. The van der Waals surface area contributed by atoms with Gasteiger partial charge in [-0.15, -0.1) is 0 Å². The van der Waals surface area contributed by atoms with Gasteiger partial charge in [-0.1, -0.05) is 25.4 Å². The number of rotatable bonds is 9. The van der Waals surface area contributed by atoms with Gasteiger partial charge in [-0.05, 0) is 38.3 Å². The Labute approximate surface area is 188 Å². The van der Waals surface area contributed by atoms with Gasteiger partial charge in [0, 0.05) is 35.8 Å². The Morgan fingerprint density at radius 1 is 1.35 bits per heavy atom. The highest BCUT2D eigenvalue weighted by molar-refractivity contribution is 6.30. The summed E-state index contributed by atoms with van der Waals surface area (Å²) in [4.78, 5) is 28.0. The van der Waals surface area contributed by atoms with Crippen molar-refractivity contribution >= 4 is 29.2 Å². The minimum absolute atomic E-state index is 0.0739. The molecule has 31 heavy (non-hydrogen) atoms. The minimum Gasteiger partial charge on any atom is -0.495 e. The molecule has 0 saturated carbocycles. The summed E-state index contributed by atoms with van der Waals surface area (Å²) in [5.74, 6) is -1.33. The summed E-state index contributed by atoms with van der Waals surface area (Å²) in [5, 5.41) is 20.4. The van der Waals surface area contributed by atoms with Crippen LogP contribution in [0.15, 0.2) is 18.2 Å². The first kappa shape index (κ1) is 25.4. The van der Waals surface area contributed by atoms with Crippen LogP contribution in [0.4, 0.5) is 5.69 Å². The average molecular weight is 456 g/mol. The van der Waals surface area contributed by atoms with Gasteiger partial charge >= 0.3 is 5.97 Å². The van der Waals surface area contributed by atoms with Crippen LogP contribution in [0.1, 0.15) is 34.1 Å². The van der Waals surface area contributed by atoms with Crippen LogP contribution in [-0.2, 0) is 9.59 Å². The van der Waals surface area contributed by atoms with Crippen LogP contribution in [0.5, 0.6) is 5.75 Å². The standard InChI is InChI=1S/C22H34ClN3O5/c1-13(2)15(21(29)30)9-18(27)16(24)10-25-11-20(28)26(12-22(25,3)4)17-7-6-14(23)8-19(17)31-5/h6-8,13,15-16,18,27H,9-12,24H2,1-5H3,(H,29,30). The van der Waals surface area contributed by atoms with Gasteiger partial charge in [0.15, 0.2) is 0 Å². The number of carbonyl (C=O) groups is 2. The van der Waals surface area contributed by atoms with Crippen LogP contribution in [0, 0.1) is 11.8 Å². The lowest BCUT2D eigenvalue weighted by Gasteiger charge is -2.47.